The van der Waals surface area contributed by atoms with Gasteiger partial charge in [0.15, 0.2) is 0 Å². The van der Waals surface area contributed by atoms with E-state index in [1.807, 2.05) is 13.8 Å². The normalized spacial score (nSPS) is 13.3. The van der Waals surface area contributed by atoms with Crippen molar-refractivity contribution in [3.05, 3.63) is 23.3 Å². The van der Waals surface area contributed by atoms with Crippen LogP contribution in [0.2, 0.25) is 0 Å². The summed E-state index contributed by atoms with van der Waals surface area (Å²) in [4.78, 5) is 0.235. The second-order valence-corrected chi connectivity index (χ2v) is 7.23. The highest BCUT2D eigenvalue weighted by molar-refractivity contribution is 7.89. The van der Waals surface area contributed by atoms with Crippen LogP contribution in [0.1, 0.15) is 37.3 Å². The van der Waals surface area contributed by atoms with Crippen molar-refractivity contribution in [2.75, 3.05) is 18.9 Å². The second kappa shape index (κ2) is 7.77. The minimum atomic E-state index is -3.58. The minimum Gasteiger partial charge on any atom is -0.398 e. The molecule has 0 bridgehead atoms. The standard InChI is InChI=1S/C15H26N2O3S/c1-4-5-13(6-7-18)10-17-21(19,20)15-9-11(2)8-14(16)12(15)3/h8-9,13,17-18H,4-7,10,16H2,1-3H3. The monoisotopic (exact) mass is 314 g/mol. The largest absolute Gasteiger partial charge is 0.398 e. The van der Waals surface area contributed by atoms with Gasteiger partial charge in [-0.1, -0.05) is 13.3 Å². The topological polar surface area (TPSA) is 92.4 Å². The Balaban J connectivity index is 2.91. The molecule has 0 aromatic heterocycles. The van der Waals surface area contributed by atoms with Crippen molar-refractivity contribution in [1.82, 2.24) is 4.72 Å². The maximum absolute atomic E-state index is 12.4. The van der Waals surface area contributed by atoms with Crippen molar-refractivity contribution in [2.24, 2.45) is 5.92 Å². The van der Waals surface area contributed by atoms with Gasteiger partial charge in [0.05, 0.1) is 4.90 Å². The van der Waals surface area contributed by atoms with Gasteiger partial charge < -0.3 is 10.8 Å². The van der Waals surface area contributed by atoms with E-state index in [4.69, 9.17) is 10.8 Å². The van der Waals surface area contributed by atoms with E-state index in [0.717, 1.165) is 18.4 Å². The summed E-state index contributed by atoms with van der Waals surface area (Å²) in [6, 6.07) is 3.40. The number of anilines is 1. The van der Waals surface area contributed by atoms with E-state index in [0.29, 0.717) is 24.2 Å². The van der Waals surface area contributed by atoms with Gasteiger partial charge in [-0.15, -0.1) is 0 Å². The van der Waals surface area contributed by atoms with E-state index >= 15 is 0 Å². The minimum absolute atomic E-state index is 0.0722. The van der Waals surface area contributed by atoms with Gasteiger partial charge in [-0.05, 0) is 55.9 Å². The summed E-state index contributed by atoms with van der Waals surface area (Å²) in [5, 5.41) is 9.03. The molecule has 1 aromatic rings. The molecule has 0 spiro atoms. The van der Waals surface area contributed by atoms with Crippen LogP contribution in [-0.2, 0) is 10.0 Å². The van der Waals surface area contributed by atoms with Crippen molar-refractivity contribution >= 4 is 15.7 Å². The Morgan fingerprint density at radius 2 is 1.95 bits per heavy atom. The quantitative estimate of drug-likeness (QED) is 0.640. The molecule has 0 saturated carbocycles. The van der Waals surface area contributed by atoms with Crippen LogP contribution >= 0.6 is 0 Å². The number of nitrogens with two attached hydrogens (primary N) is 1. The molecule has 120 valence electrons. The molecule has 0 aliphatic rings. The molecule has 0 heterocycles. The molecular formula is C15H26N2O3S. The molecule has 6 heteroatoms. The summed E-state index contributed by atoms with van der Waals surface area (Å²) < 4.78 is 27.5. The number of sulfonamides is 1. The molecule has 4 N–H and O–H groups in total. The van der Waals surface area contributed by atoms with Crippen LogP contribution in [0.5, 0.6) is 0 Å². The van der Waals surface area contributed by atoms with E-state index in [1.54, 1.807) is 19.1 Å². The average molecular weight is 314 g/mol. The molecule has 0 fully saturated rings. The summed E-state index contributed by atoms with van der Waals surface area (Å²) in [5.41, 5.74) is 7.72. The van der Waals surface area contributed by atoms with Gasteiger partial charge in [0.25, 0.3) is 0 Å². The number of rotatable bonds is 8. The highest BCUT2D eigenvalue weighted by Gasteiger charge is 2.20. The predicted octanol–water partition coefficient (Wildman–Crippen LogP) is 1.96. The third kappa shape index (κ3) is 4.98. The Bertz CT molecular complexity index is 565. The van der Waals surface area contributed by atoms with E-state index in [9.17, 15) is 8.42 Å². The lowest BCUT2D eigenvalue weighted by molar-refractivity contribution is 0.251. The summed E-state index contributed by atoms with van der Waals surface area (Å²) in [5.74, 6) is 0.150. The van der Waals surface area contributed by atoms with Crippen molar-refractivity contribution in [3.63, 3.8) is 0 Å². The zero-order valence-corrected chi connectivity index (χ0v) is 13.8. The second-order valence-electron chi connectivity index (χ2n) is 5.50. The van der Waals surface area contributed by atoms with Crippen molar-refractivity contribution in [1.29, 1.82) is 0 Å². The Hall–Kier alpha value is -1.11. The van der Waals surface area contributed by atoms with Gasteiger partial charge >= 0.3 is 0 Å². The number of nitrogens with one attached hydrogen (secondary N) is 1. The maximum atomic E-state index is 12.4. The first-order valence-electron chi connectivity index (χ1n) is 7.29. The van der Waals surface area contributed by atoms with Crippen LogP contribution in [0.25, 0.3) is 0 Å². The van der Waals surface area contributed by atoms with Crippen molar-refractivity contribution < 1.29 is 13.5 Å². The van der Waals surface area contributed by atoms with E-state index in [1.165, 1.54) is 0 Å². The van der Waals surface area contributed by atoms with Crippen molar-refractivity contribution in [3.8, 4) is 0 Å². The molecule has 1 rings (SSSR count). The number of aryl methyl sites for hydroxylation is 1. The third-order valence-corrected chi connectivity index (χ3v) is 5.18. The summed E-state index contributed by atoms with van der Waals surface area (Å²) >= 11 is 0. The zero-order valence-electron chi connectivity index (χ0n) is 13.0. The van der Waals surface area contributed by atoms with E-state index in [2.05, 4.69) is 4.72 Å². The lowest BCUT2D eigenvalue weighted by atomic mass is 10.0. The molecule has 1 atom stereocenters. The van der Waals surface area contributed by atoms with Crippen LogP contribution < -0.4 is 10.5 Å². The fourth-order valence-corrected chi connectivity index (χ4v) is 3.85. The smallest absolute Gasteiger partial charge is 0.240 e. The Labute approximate surface area is 127 Å². The average Bonchev–Trinajstić information content (AvgIpc) is 2.40. The predicted molar refractivity (Wildman–Crippen MR) is 85.6 cm³/mol. The first-order chi connectivity index (χ1) is 9.81. The number of benzene rings is 1. The maximum Gasteiger partial charge on any atom is 0.240 e. The fraction of sp³-hybridized carbons (Fsp3) is 0.600. The van der Waals surface area contributed by atoms with Crippen LogP contribution in [-0.4, -0.2) is 26.7 Å². The third-order valence-electron chi connectivity index (χ3n) is 3.63. The van der Waals surface area contributed by atoms with E-state index < -0.39 is 10.0 Å². The van der Waals surface area contributed by atoms with E-state index in [-0.39, 0.29) is 17.4 Å². The fourth-order valence-electron chi connectivity index (χ4n) is 2.38. The van der Waals surface area contributed by atoms with Crippen LogP contribution in [0.4, 0.5) is 5.69 Å². The summed E-state index contributed by atoms with van der Waals surface area (Å²) in [6.45, 7) is 5.98. The molecule has 5 nitrogen and oxygen atoms in total. The van der Waals surface area contributed by atoms with Gasteiger partial charge in [0.1, 0.15) is 0 Å². The molecule has 21 heavy (non-hydrogen) atoms. The summed E-state index contributed by atoms with van der Waals surface area (Å²) in [6.07, 6.45) is 2.45. The Morgan fingerprint density at radius 1 is 1.29 bits per heavy atom. The zero-order chi connectivity index (χ0) is 16.0. The molecular weight excluding hydrogens is 288 g/mol. The van der Waals surface area contributed by atoms with Crippen LogP contribution in [0.3, 0.4) is 0 Å². The van der Waals surface area contributed by atoms with Gasteiger partial charge in [0.2, 0.25) is 10.0 Å². The number of hydrogen-bond acceptors (Lipinski definition) is 4. The number of hydrogen-bond donors (Lipinski definition) is 3. The Morgan fingerprint density at radius 3 is 2.52 bits per heavy atom. The van der Waals surface area contributed by atoms with Gasteiger partial charge in [0, 0.05) is 18.8 Å². The first kappa shape index (κ1) is 17.9. The van der Waals surface area contributed by atoms with Gasteiger partial charge in [-0.25, -0.2) is 13.1 Å². The van der Waals surface area contributed by atoms with Gasteiger partial charge in [-0.3, -0.25) is 0 Å². The molecule has 0 aliphatic heterocycles. The molecule has 1 unspecified atom stereocenters. The highest BCUT2D eigenvalue weighted by atomic mass is 32.2. The van der Waals surface area contributed by atoms with Gasteiger partial charge in [-0.2, -0.15) is 0 Å². The highest BCUT2D eigenvalue weighted by Crippen LogP contribution is 2.23. The number of aliphatic hydroxyl groups is 1. The van der Waals surface area contributed by atoms with Crippen molar-refractivity contribution in [2.45, 2.75) is 44.9 Å². The molecule has 0 amide bonds. The Kier molecular flexibility index (Phi) is 6.64. The molecule has 1 aromatic carbocycles. The lowest BCUT2D eigenvalue weighted by Crippen LogP contribution is -2.30. The van der Waals surface area contributed by atoms with Crippen LogP contribution in [0.15, 0.2) is 17.0 Å². The molecule has 0 radical (unpaired) electrons. The lowest BCUT2D eigenvalue weighted by Gasteiger charge is -2.17. The van der Waals surface area contributed by atoms with Crippen LogP contribution in [0, 0.1) is 19.8 Å². The number of aliphatic hydroxyl groups excluding tert-OH is 1. The molecule has 0 saturated heterocycles. The number of nitrogen functional groups attached to an aromatic ring is 1. The molecule has 0 aliphatic carbocycles. The summed E-state index contributed by atoms with van der Waals surface area (Å²) in [7, 11) is -3.58. The first-order valence-corrected chi connectivity index (χ1v) is 8.77. The SMILES string of the molecule is CCCC(CCO)CNS(=O)(=O)c1cc(C)cc(N)c1C.